The van der Waals surface area contributed by atoms with E-state index in [1.807, 2.05) is 26.0 Å². The quantitative estimate of drug-likeness (QED) is 0.281. The highest BCUT2D eigenvalue weighted by atomic mass is 16.2. The van der Waals surface area contributed by atoms with Crippen LogP contribution in [0.4, 0.5) is 4.79 Å². The lowest BCUT2D eigenvalue weighted by Crippen LogP contribution is -2.44. The number of aryl methyl sites for hydroxylation is 1. The average molecular weight is 440 g/mol. The molecule has 2 aliphatic rings. The van der Waals surface area contributed by atoms with Gasteiger partial charge in [0.15, 0.2) is 0 Å². The Labute approximate surface area is 189 Å². The van der Waals surface area contributed by atoms with Gasteiger partial charge in [-0.05, 0) is 56.7 Å². The Bertz CT molecular complexity index is 976. The maximum atomic E-state index is 12.7. The highest BCUT2D eigenvalue weighted by Gasteiger charge is 2.51. The normalized spacial score (nSPS) is 17.9. The van der Waals surface area contributed by atoms with Crippen LogP contribution in [0.2, 0.25) is 0 Å². The monoisotopic (exact) mass is 439 g/mol. The molecule has 1 aromatic rings. The van der Waals surface area contributed by atoms with Gasteiger partial charge >= 0.3 is 6.03 Å². The smallest absolute Gasteiger partial charge is 0.325 e. The molecule has 4 amide bonds. The molecule has 1 aliphatic heterocycles. The van der Waals surface area contributed by atoms with Crippen molar-refractivity contribution in [3.8, 4) is 6.07 Å². The molecule has 1 saturated carbocycles. The van der Waals surface area contributed by atoms with E-state index in [1.54, 1.807) is 6.08 Å². The van der Waals surface area contributed by atoms with E-state index in [4.69, 9.17) is 0 Å². The van der Waals surface area contributed by atoms with Gasteiger partial charge in [-0.2, -0.15) is 5.26 Å². The van der Waals surface area contributed by atoms with Gasteiger partial charge in [0.1, 0.15) is 17.2 Å². The van der Waals surface area contributed by atoms with Crippen molar-refractivity contribution >= 4 is 23.9 Å². The van der Waals surface area contributed by atoms with Crippen LogP contribution >= 0.6 is 0 Å². The number of hydrogen-bond donors (Lipinski definition) is 2. The topological polar surface area (TPSA) is 107 Å². The van der Waals surface area contributed by atoms with Crippen LogP contribution in [0.1, 0.15) is 62.9 Å². The van der Waals surface area contributed by atoms with Crippen molar-refractivity contribution in [2.24, 2.45) is 5.92 Å². The van der Waals surface area contributed by atoms with E-state index in [2.05, 4.69) is 29.0 Å². The molecule has 2 N–H and O–H groups in total. The van der Waals surface area contributed by atoms with Crippen molar-refractivity contribution in [2.45, 2.75) is 71.9 Å². The van der Waals surface area contributed by atoms with Crippen LogP contribution in [-0.4, -0.2) is 45.9 Å². The second-order valence-corrected chi connectivity index (χ2v) is 9.29. The Balaban J connectivity index is 1.56. The van der Waals surface area contributed by atoms with E-state index >= 15 is 0 Å². The first-order chi connectivity index (χ1) is 15.2. The van der Waals surface area contributed by atoms with Crippen molar-refractivity contribution in [1.82, 2.24) is 20.1 Å². The molecular weight excluding hydrogens is 406 g/mol. The number of nitrogens with one attached hydrogen (secondary N) is 2. The van der Waals surface area contributed by atoms with Gasteiger partial charge in [0.25, 0.3) is 11.8 Å². The minimum Gasteiger partial charge on any atom is -0.351 e. The summed E-state index contributed by atoms with van der Waals surface area (Å²) in [6.45, 7) is 9.70. The first-order valence-electron chi connectivity index (χ1n) is 11.4. The number of hydrogen-bond acceptors (Lipinski definition) is 4. The molecule has 1 aromatic heterocycles. The summed E-state index contributed by atoms with van der Waals surface area (Å²) in [6, 6.07) is 3.62. The molecule has 0 bridgehead atoms. The van der Waals surface area contributed by atoms with Gasteiger partial charge in [-0.1, -0.05) is 26.7 Å². The van der Waals surface area contributed by atoms with Gasteiger partial charge in [-0.25, -0.2) is 4.79 Å². The van der Waals surface area contributed by atoms with Gasteiger partial charge in [-0.15, -0.1) is 0 Å². The van der Waals surface area contributed by atoms with E-state index in [0.717, 1.165) is 36.3 Å². The van der Waals surface area contributed by atoms with Gasteiger partial charge < -0.3 is 15.2 Å². The third-order valence-corrected chi connectivity index (χ3v) is 6.37. The molecular formula is C24H33N5O3. The zero-order valence-electron chi connectivity index (χ0n) is 19.5. The Morgan fingerprint density at radius 1 is 1.31 bits per heavy atom. The highest BCUT2D eigenvalue weighted by molar-refractivity contribution is 6.07. The minimum atomic E-state index is -0.709. The van der Waals surface area contributed by atoms with Crippen LogP contribution in [0.5, 0.6) is 0 Å². The van der Waals surface area contributed by atoms with Gasteiger partial charge in [0, 0.05) is 31.0 Å². The molecule has 172 valence electrons. The van der Waals surface area contributed by atoms with Crippen LogP contribution in [0.3, 0.4) is 0 Å². The largest absolute Gasteiger partial charge is 0.351 e. The van der Waals surface area contributed by atoms with Crippen molar-refractivity contribution in [1.29, 1.82) is 5.26 Å². The Hall–Kier alpha value is -3.08. The summed E-state index contributed by atoms with van der Waals surface area (Å²) in [7, 11) is 0. The zero-order chi connectivity index (χ0) is 23.5. The third-order valence-electron chi connectivity index (χ3n) is 6.37. The van der Waals surface area contributed by atoms with Crippen molar-refractivity contribution < 1.29 is 14.4 Å². The molecule has 0 radical (unpaired) electrons. The number of aromatic nitrogens is 1. The fraction of sp³-hybridized carbons (Fsp3) is 0.583. The Morgan fingerprint density at radius 3 is 2.62 bits per heavy atom. The molecule has 1 spiro atoms. The molecule has 1 aliphatic carbocycles. The summed E-state index contributed by atoms with van der Waals surface area (Å²) >= 11 is 0. The second-order valence-electron chi connectivity index (χ2n) is 9.29. The molecule has 3 rings (SSSR count). The van der Waals surface area contributed by atoms with Crippen molar-refractivity contribution in [3.63, 3.8) is 0 Å². The third kappa shape index (κ3) is 4.72. The number of amides is 4. The maximum Gasteiger partial charge on any atom is 0.325 e. The molecule has 32 heavy (non-hydrogen) atoms. The lowest BCUT2D eigenvalue weighted by atomic mass is 9.98. The fourth-order valence-corrected chi connectivity index (χ4v) is 4.66. The van der Waals surface area contributed by atoms with Crippen LogP contribution in [0.25, 0.3) is 6.08 Å². The van der Waals surface area contributed by atoms with E-state index in [1.165, 1.54) is 4.90 Å². The van der Waals surface area contributed by atoms with E-state index in [9.17, 15) is 19.6 Å². The number of nitrogens with zero attached hydrogens (tertiary/aromatic N) is 3. The summed E-state index contributed by atoms with van der Waals surface area (Å²) in [6.07, 6.45) is 5.33. The van der Waals surface area contributed by atoms with E-state index in [0.29, 0.717) is 25.2 Å². The molecule has 8 nitrogen and oxygen atoms in total. The standard InChI is InChI=1S/C24H33N5O3/c1-16(2)15-29-17(3)12-19(18(29)4)13-20(14-25)21(30)26-10-7-11-28-22(31)24(27-23(28)32)8-5-6-9-24/h12-13,16H,5-11,15H2,1-4H3,(H,26,30)(H,27,32)/b20-13+. The van der Waals surface area contributed by atoms with Gasteiger partial charge in [0.2, 0.25) is 0 Å². The second kappa shape index (κ2) is 9.60. The Kier molecular flexibility index (Phi) is 7.07. The molecule has 0 atom stereocenters. The highest BCUT2D eigenvalue weighted by Crippen LogP contribution is 2.35. The van der Waals surface area contributed by atoms with Crippen LogP contribution in [-0.2, 0) is 16.1 Å². The average Bonchev–Trinajstić information content (AvgIpc) is 3.38. The predicted molar refractivity (Wildman–Crippen MR) is 121 cm³/mol. The maximum absolute atomic E-state index is 12.7. The van der Waals surface area contributed by atoms with Crippen LogP contribution < -0.4 is 10.6 Å². The van der Waals surface area contributed by atoms with Gasteiger partial charge in [0.05, 0.1) is 0 Å². The minimum absolute atomic E-state index is 0.0368. The number of carbonyl (C=O) groups excluding carboxylic acids is 3. The lowest BCUT2D eigenvalue weighted by Gasteiger charge is -2.20. The SMILES string of the molecule is Cc1cc(/C=C(\C#N)C(=O)NCCCN2C(=O)NC3(CCCC3)C2=O)c(C)n1CC(C)C. The number of imide groups is 1. The van der Waals surface area contributed by atoms with E-state index < -0.39 is 11.4 Å². The molecule has 8 heteroatoms. The van der Waals surface area contributed by atoms with Gasteiger partial charge in [-0.3, -0.25) is 14.5 Å². The molecule has 1 saturated heterocycles. The van der Waals surface area contributed by atoms with Crippen molar-refractivity contribution in [3.05, 3.63) is 28.6 Å². The first-order valence-corrected chi connectivity index (χ1v) is 11.4. The summed E-state index contributed by atoms with van der Waals surface area (Å²) in [5, 5.41) is 15.1. The lowest BCUT2D eigenvalue weighted by molar-refractivity contribution is -0.131. The summed E-state index contributed by atoms with van der Waals surface area (Å²) in [4.78, 5) is 38.6. The van der Waals surface area contributed by atoms with E-state index in [-0.39, 0.29) is 30.6 Å². The molecule has 0 unspecified atom stereocenters. The number of nitriles is 1. The summed E-state index contributed by atoms with van der Waals surface area (Å²) in [5.74, 6) is -0.116. The summed E-state index contributed by atoms with van der Waals surface area (Å²) < 4.78 is 2.19. The number of urea groups is 1. The van der Waals surface area contributed by atoms with Crippen LogP contribution in [0.15, 0.2) is 11.6 Å². The zero-order valence-corrected chi connectivity index (χ0v) is 19.5. The first kappa shape index (κ1) is 23.6. The molecule has 0 aromatic carbocycles. The number of carbonyl (C=O) groups is 3. The van der Waals surface area contributed by atoms with Crippen molar-refractivity contribution in [2.75, 3.05) is 13.1 Å². The predicted octanol–water partition coefficient (Wildman–Crippen LogP) is 3.04. The fourth-order valence-electron chi connectivity index (χ4n) is 4.66. The Morgan fingerprint density at radius 2 is 2.00 bits per heavy atom. The number of rotatable bonds is 8. The summed E-state index contributed by atoms with van der Waals surface area (Å²) in [5.41, 5.74) is 2.30. The van der Waals surface area contributed by atoms with Crippen LogP contribution in [0, 0.1) is 31.1 Å². The molecule has 2 heterocycles. The molecule has 2 fully saturated rings.